The van der Waals surface area contributed by atoms with E-state index >= 15 is 0 Å². The van der Waals surface area contributed by atoms with Gasteiger partial charge in [0.15, 0.2) is 0 Å². The first kappa shape index (κ1) is 21.0. The van der Waals surface area contributed by atoms with Gasteiger partial charge in [0.05, 0.1) is 6.26 Å². The van der Waals surface area contributed by atoms with E-state index in [0.29, 0.717) is 11.3 Å². The van der Waals surface area contributed by atoms with Crippen LogP contribution >= 0.6 is 15.9 Å². The fraction of sp³-hybridized carbons (Fsp3) is 0.368. The fourth-order valence-electron chi connectivity index (χ4n) is 2.76. The zero-order valence-electron chi connectivity index (χ0n) is 15.0. The minimum Gasteiger partial charge on any atom is -0.466 e. The molecule has 1 atom stereocenters. The minimum atomic E-state index is -3.83. The Labute approximate surface area is 161 Å². The van der Waals surface area contributed by atoms with Gasteiger partial charge in [0, 0.05) is 4.47 Å². The largest absolute Gasteiger partial charge is 0.466 e. The molecular weight excluding hydrogens is 425 g/mol. The van der Waals surface area contributed by atoms with Crippen LogP contribution in [0, 0.1) is 0 Å². The van der Waals surface area contributed by atoms with Crippen LogP contribution in [-0.2, 0) is 10.0 Å². The normalized spacial score (nSPS) is 15.5. The van der Waals surface area contributed by atoms with Gasteiger partial charge in [-0.3, -0.25) is 13.2 Å². The second-order valence-corrected chi connectivity index (χ2v) is 10.7. The van der Waals surface area contributed by atoms with E-state index in [2.05, 4.69) is 15.9 Å². The molecule has 0 radical (unpaired) electrons. The third kappa shape index (κ3) is 4.15. The van der Waals surface area contributed by atoms with E-state index in [1.54, 1.807) is 19.1 Å². The van der Waals surface area contributed by atoms with Crippen molar-refractivity contribution in [3.05, 3.63) is 64.0 Å². The molecule has 7 heteroatoms. The molecule has 1 aromatic carbocycles. The summed E-state index contributed by atoms with van der Waals surface area (Å²) in [4.78, 5) is 0. The Bertz CT molecular complexity index is 734. The van der Waals surface area contributed by atoms with Crippen LogP contribution in [-0.4, -0.2) is 27.2 Å². The fourth-order valence-corrected chi connectivity index (χ4v) is 4.52. The highest BCUT2D eigenvalue weighted by atomic mass is 79.9. The lowest BCUT2D eigenvalue weighted by molar-refractivity contribution is 0.0763. The second kappa shape index (κ2) is 8.58. The van der Waals surface area contributed by atoms with Gasteiger partial charge in [0.25, 0.3) is 8.32 Å². The first-order chi connectivity index (χ1) is 12.3. The summed E-state index contributed by atoms with van der Waals surface area (Å²) in [7, 11) is -3.83. The van der Waals surface area contributed by atoms with Gasteiger partial charge < -0.3 is 8.84 Å². The van der Waals surface area contributed by atoms with Crippen molar-refractivity contribution in [2.24, 2.45) is 0 Å². The van der Waals surface area contributed by atoms with E-state index < -0.39 is 32.8 Å². The third-order valence-corrected chi connectivity index (χ3v) is 7.53. The molecule has 2 nitrogen and oxygen atoms in total. The predicted molar refractivity (Wildman–Crippen MR) is 103 cm³/mol. The van der Waals surface area contributed by atoms with Crippen molar-refractivity contribution >= 4 is 29.8 Å². The molecule has 142 valence electrons. The van der Waals surface area contributed by atoms with Gasteiger partial charge >= 0.3 is 0 Å². The Kier molecular flexibility index (Phi) is 6.93. The van der Waals surface area contributed by atoms with Gasteiger partial charge in [0.1, 0.15) is 30.3 Å². The van der Waals surface area contributed by atoms with E-state index in [0.717, 1.165) is 15.6 Å². The smallest absolute Gasteiger partial charge is 0.285 e. The molecule has 0 aliphatic carbocycles. The third-order valence-electron chi connectivity index (χ3n) is 4.70. The highest BCUT2D eigenvalue weighted by Gasteiger charge is 2.46. The van der Waals surface area contributed by atoms with Crippen LogP contribution in [0.5, 0.6) is 0 Å². The number of alkyl halides is 3. The summed E-state index contributed by atoms with van der Waals surface area (Å²) in [5.74, 6) is 0.388. The zero-order valence-corrected chi connectivity index (χ0v) is 17.6. The highest BCUT2D eigenvalue weighted by molar-refractivity contribution is 9.10. The summed E-state index contributed by atoms with van der Waals surface area (Å²) in [6, 6.07) is 11.0. The van der Waals surface area contributed by atoms with Crippen molar-refractivity contribution in [2.45, 2.75) is 26.4 Å². The molecule has 1 aromatic heterocycles. The van der Waals surface area contributed by atoms with Crippen LogP contribution in [0.1, 0.15) is 32.1 Å². The van der Waals surface area contributed by atoms with Gasteiger partial charge in [-0.25, -0.2) is 0 Å². The summed E-state index contributed by atoms with van der Waals surface area (Å²) < 4.78 is 52.9. The highest BCUT2D eigenvalue weighted by Crippen LogP contribution is 2.40. The van der Waals surface area contributed by atoms with Crippen LogP contribution in [0.4, 0.5) is 13.2 Å². The van der Waals surface area contributed by atoms with Gasteiger partial charge in [0.2, 0.25) is 0 Å². The van der Waals surface area contributed by atoms with Crippen LogP contribution in [0.2, 0.25) is 0 Å². The summed E-state index contributed by atoms with van der Waals surface area (Å²) >= 11 is 3.40. The minimum absolute atomic E-state index is 0.388. The molecule has 0 aliphatic heterocycles. The van der Waals surface area contributed by atoms with Crippen LogP contribution in [0.15, 0.2) is 57.1 Å². The van der Waals surface area contributed by atoms with E-state index in [1.165, 1.54) is 6.26 Å². The van der Waals surface area contributed by atoms with Crippen LogP contribution in [0.3, 0.4) is 0 Å². The summed E-state index contributed by atoms with van der Waals surface area (Å²) in [6.07, 6.45) is -1.95. The molecule has 0 N–H and O–H groups in total. The molecule has 2 aromatic rings. The van der Waals surface area contributed by atoms with Crippen molar-refractivity contribution in [1.29, 1.82) is 0 Å². The summed E-state index contributed by atoms with van der Waals surface area (Å²) in [5.41, 5.74) is 1.25. The molecule has 0 amide bonds. The number of allylic oxidation sites excluding steroid dienone is 1. The van der Waals surface area contributed by atoms with Gasteiger partial charge in [-0.2, -0.15) is 0 Å². The molecule has 0 fully saturated rings. The first-order valence-electron chi connectivity index (χ1n) is 8.18. The predicted octanol–water partition coefficient (Wildman–Crippen LogP) is 6.24. The number of hydrogen-bond donors (Lipinski definition) is 0. The molecule has 0 saturated carbocycles. The summed E-state index contributed by atoms with van der Waals surface area (Å²) in [6.45, 7) is 5.38. The van der Waals surface area contributed by atoms with Gasteiger partial charge in [-0.15, -0.1) is 0 Å². The zero-order chi connectivity index (χ0) is 19.4. The molecule has 0 aliphatic rings. The Balaban J connectivity index is 2.57. The van der Waals surface area contributed by atoms with Crippen molar-refractivity contribution < 1.29 is 22.0 Å². The number of halogens is 4. The van der Waals surface area contributed by atoms with E-state index in [-0.39, 0.29) is 0 Å². The Hall–Kier alpha value is -1.31. The van der Waals surface area contributed by atoms with E-state index in [9.17, 15) is 13.2 Å². The van der Waals surface area contributed by atoms with E-state index in [1.807, 2.05) is 38.1 Å². The number of furan rings is 1. The van der Waals surface area contributed by atoms with Crippen molar-refractivity contribution in [2.75, 3.05) is 18.9 Å². The standard InChI is InChI=1S/C19H22BrF3O2Si/c1-14(16-6-8-17(20)9-7-16)15(2)19(3,18-5-4-10-24-18)25-26(11-21,12-22)13-23/h4-10H,11-13H2,1-3H3. The maximum Gasteiger partial charge on any atom is 0.285 e. The molecule has 2 rings (SSSR count). The topological polar surface area (TPSA) is 22.4 Å². The Morgan fingerprint density at radius 3 is 2.12 bits per heavy atom. The molecule has 26 heavy (non-hydrogen) atoms. The lowest BCUT2D eigenvalue weighted by Gasteiger charge is -2.38. The maximum atomic E-state index is 13.5. The number of rotatable bonds is 8. The molecule has 1 unspecified atom stereocenters. The molecule has 0 spiro atoms. The maximum absolute atomic E-state index is 13.5. The lowest BCUT2D eigenvalue weighted by Crippen LogP contribution is -2.53. The number of hydrogen-bond acceptors (Lipinski definition) is 2. The van der Waals surface area contributed by atoms with Crippen molar-refractivity contribution in [3.63, 3.8) is 0 Å². The lowest BCUT2D eigenvalue weighted by atomic mass is 9.88. The Morgan fingerprint density at radius 2 is 1.65 bits per heavy atom. The molecule has 0 bridgehead atoms. The monoisotopic (exact) mass is 446 g/mol. The Morgan fingerprint density at radius 1 is 1.08 bits per heavy atom. The molecule has 1 heterocycles. The van der Waals surface area contributed by atoms with E-state index in [4.69, 9.17) is 8.84 Å². The van der Waals surface area contributed by atoms with Gasteiger partial charge in [-0.05, 0) is 61.7 Å². The van der Waals surface area contributed by atoms with Gasteiger partial charge in [-0.1, -0.05) is 28.1 Å². The summed E-state index contributed by atoms with van der Waals surface area (Å²) in [5, 5.41) is 0. The SMILES string of the molecule is CC(=C(C)C(C)(O[Si](CF)(CF)CF)c1ccco1)c1ccc(Br)cc1. The quantitative estimate of drug-likeness (QED) is 0.447. The van der Waals surface area contributed by atoms with Crippen LogP contribution < -0.4 is 0 Å². The van der Waals surface area contributed by atoms with Crippen molar-refractivity contribution in [3.8, 4) is 0 Å². The average Bonchev–Trinajstić information content (AvgIpc) is 3.21. The second-order valence-electron chi connectivity index (χ2n) is 6.45. The first-order valence-corrected chi connectivity index (χ1v) is 11.5. The van der Waals surface area contributed by atoms with Crippen LogP contribution in [0.25, 0.3) is 5.57 Å². The average molecular weight is 447 g/mol. The van der Waals surface area contributed by atoms with Crippen molar-refractivity contribution in [1.82, 2.24) is 0 Å². The molecule has 0 saturated heterocycles. The molecular formula is C19H22BrF3O2Si. The number of benzene rings is 1.